The van der Waals surface area contributed by atoms with Crippen LogP contribution in [-0.2, 0) is 19.6 Å². The van der Waals surface area contributed by atoms with Crippen LogP contribution < -0.4 is 4.72 Å². The Bertz CT molecular complexity index is 629. The molecule has 0 saturated carbocycles. The van der Waals surface area contributed by atoms with E-state index in [0.29, 0.717) is 12.0 Å². The van der Waals surface area contributed by atoms with Gasteiger partial charge in [0.15, 0.2) is 0 Å². The first kappa shape index (κ1) is 14.9. The van der Waals surface area contributed by atoms with E-state index in [1.165, 1.54) is 6.07 Å². The van der Waals surface area contributed by atoms with Gasteiger partial charge in [0.2, 0.25) is 5.91 Å². The Balaban J connectivity index is 2.17. The number of aryl methyl sites for hydroxylation is 1. The largest absolute Gasteiger partial charge is 0.378 e. The average Bonchev–Trinajstić information content (AvgIpc) is 2.74. The van der Waals surface area contributed by atoms with Gasteiger partial charge in [0.1, 0.15) is 10.7 Å². The summed E-state index contributed by atoms with van der Waals surface area (Å²) in [6.07, 6.45) is 0.377. The Kier molecular flexibility index (Phi) is 4.10. The average molecular weight is 301 g/mol. The molecule has 1 aliphatic heterocycles. The molecular weight excluding hydrogens is 285 g/mol. The summed E-state index contributed by atoms with van der Waals surface area (Å²) in [6.45, 7) is 3.63. The van der Waals surface area contributed by atoms with E-state index >= 15 is 0 Å². The lowest BCUT2D eigenvalue weighted by molar-refractivity contribution is -0.123. The molecule has 1 aromatic carbocycles. The van der Waals surface area contributed by atoms with E-state index in [-0.39, 0.29) is 12.7 Å². The van der Waals surface area contributed by atoms with Crippen LogP contribution in [0.15, 0.2) is 23.1 Å². The summed E-state index contributed by atoms with van der Waals surface area (Å²) in [5.74, 6) is -2.05. The fraction of sp³-hybridized carbons (Fsp3) is 0.462. The van der Waals surface area contributed by atoms with Crippen molar-refractivity contribution in [3.8, 4) is 0 Å². The third kappa shape index (κ3) is 3.16. The molecule has 1 amide bonds. The molecule has 1 fully saturated rings. The normalized spacial score (nSPS) is 22.8. The first-order valence-corrected chi connectivity index (χ1v) is 7.72. The molecular formula is C13H16FNO4S. The summed E-state index contributed by atoms with van der Waals surface area (Å²) in [5, 5.41) is 0. The van der Waals surface area contributed by atoms with Crippen LogP contribution in [-0.4, -0.2) is 27.0 Å². The highest BCUT2D eigenvalue weighted by Gasteiger charge is 2.31. The zero-order valence-corrected chi connectivity index (χ0v) is 12.0. The highest BCUT2D eigenvalue weighted by atomic mass is 32.2. The summed E-state index contributed by atoms with van der Waals surface area (Å²) < 4.78 is 44.8. The number of amides is 1. The van der Waals surface area contributed by atoms with Crippen molar-refractivity contribution >= 4 is 15.9 Å². The van der Waals surface area contributed by atoms with Crippen LogP contribution in [0.1, 0.15) is 18.9 Å². The molecule has 20 heavy (non-hydrogen) atoms. The second-order valence-corrected chi connectivity index (χ2v) is 6.63. The van der Waals surface area contributed by atoms with Crippen LogP contribution in [0, 0.1) is 18.7 Å². The highest BCUT2D eigenvalue weighted by Crippen LogP contribution is 2.21. The maximum absolute atomic E-state index is 13.7. The van der Waals surface area contributed by atoms with Crippen molar-refractivity contribution in [2.75, 3.05) is 6.61 Å². The van der Waals surface area contributed by atoms with Gasteiger partial charge in [0.05, 0.1) is 18.6 Å². The van der Waals surface area contributed by atoms with Crippen LogP contribution in [0.2, 0.25) is 0 Å². The molecule has 1 aliphatic rings. The molecule has 0 bridgehead atoms. The van der Waals surface area contributed by atoms with E-state index in [9.17, 15) is 17.6 Å². The number of hydrogen-bond acceptors (Lipinski definition) is 4. The van der Waals surface area contributed by atoms with Crippen LogP contribution in [0.4, 0.5) is 4.39 Å². The maximum atomic E-state index is 13.7. The van der Waals surface area contributed by atoms with E-state index in [2.05, 4.69) is 0 Å². The van der Waals surface area contributed by atoms with Crippen molar-refractivity contribution < 1.29 is 22.3 Å². The van der Waals surface area contributed by atoms with Gasteiger partial charge in [-0.2, -0.15) is 0 Å². The molecule has 0 spiro atoms. The number of nitrogens with one attached hydrogen (secondary N) is 1. The Morgan fingerprint density at radius 1 is 1.45 bits per heavy atom. The van der Waals surface area contributed by atoms with Gasteiger partial charge in [-0.25, -0.2) is 17.5 Å². The smallest absolute Gasteiger partial charge is 0.266 e. The molecule has 1 N–H and O–H groups in total. The lowest BCUT2D eigenvalue weighted by Gasteiger charge is -2.11. The fourth-order valence-corrected chi connectivity index (χ4v) is 3.20. The molecule has 1 saturated heterocycles. The minimum atomic E-state index is -4.19. The maximum Gasteiger partial charge on any atom is 0.266 e. The molecule has 5 nitrogen and oxygen atoms in total. The molecule has 0 aliphatic carbocycles. The zero-order valence-electron chi connectivity index (χ0n) is 11.2. The number of carbonyl (C=O) groups is 1. The SMILES string of the molecule is Cc1ccc(S(=O)(=O)NC(=O)C2COC(C)C2)c(F)c1. The lowest BCUT2D eigenvalue weighted by atomic mass is 10.1. The fourth-order valence-electron chi connectivity index (χ4n) is 2.09. The monoisotopic (exact) mass is 301 g/mol. The second kappa shape index (κ2) is 5.49. The molecule has 7 heteroatoms. The molecule has 1 heterocycles. The Morgan fingerprint density at radius 2 is 2.15 bits per heavy atom. The topological polar surface area (TPSA) is 72.5 Å². The second-order valence-electron chi connectivity index (χ2n) is 4.98. The summed E-state index contributed by atoms with van der Waals surface area (Å²) in [6, 6.07) is 3.73. The van der Waals surface area contributed by atoms with Gasteiger partial charge >= 0.3 is 0 Å². The van der Waals surface area contributed by atoms with E-state index in [1.54, 1.807) is 13.8 Å². The van der Waals surface area contributed by atoms with Crippen LogP contribution in [0.5, 0.6) is 0 Å². The van der Waals surface area contributed by atoms with Crippen molar-refractivity contribution in [1.82, 2.24) is 4.72 Å². The number of hydrogen-bond donors (Lipinski definition) is 1. The van der Waals surface area contributed by atoms with Crippen molar-refractivity contribution in [2.24, 2.45) is 5.92 Å². The molecule has 2 rings (SSSR count). The van der Waals surface area contributed by atoms with Gasteiger partial charge in [0.25, 0.3) is 10.0 Å². The first-order chi connectivity index (χ1) is 9.29. The van der Waals surface area contributed by atoms with Crippen molar-refractivity contribution in [2.45, 2.75) is 31.3 Å². The standard InChI is InChI=1S/C13H16FNO4S/c1-8-3-4-12(11(14)5-8)20(17,18)15-13(16)10-6-9(2)19-7-10/h3-5,9-10H,6-7H2,1-2H3,(H,15,16). The minimum absolute atomic E-state index is 0.0791. The molecule has 2 unspecified atom stereocenters. The quantitative estimate of drug-likeness (QED) is 0.915. The predicted molar refractivity (Wildman–Crippen MR) is 70.0 cm³/mol. The van der Waals surface area contributed by atoms with E-state index in [1.807, 2.05) is 4.72 Å². The van der Waals surface area contributed by atoms with Gasteiger partial charge < -0.3 is 4.74 Å². The highest BCUT2D eigenvalue weighted by molar-refractivity contribution is 7.90. The van der Waals surface area contributed by atoms with E-state index in [4.69, 9.17) is 4.74 Å². The number of benzene rings is 1. The van der Waals surface area contributed by atoms with Gasteiger partial charge in [-0.3, -0.25) is 4.79 Å². The van der Waals surface area contributed by atoms with Gasteiger partial charge in [-0.05, 0) is 38.0 Å². The van der Waals surface area contributed by atoms with Gasteiger partial charge in [-0.1, -0.05) is 6.07 Å². The summed E-state index contributed by atoms with van der Waals surface area (Å²) in [4.78, 5) is 11.3. The molecule has 0 aromatic heterocycles. The third-order valence-electron chi connectivity index (χ3n) is 3.18. The number of sulfonamides is 1. The number of halogens is 1. The summed E-state index contributed by atoms with van der Waals surface area (Å²) in [7, 11) is -4.19. The van der Waals surface area contributed by atoms with Crippen LogP contribution in [0.25, 0.3) is 0 Å². The van der Waals surface area contributed by atoms with Crippen molar-refractivity contribution in [3.05, 3.63) is 29.6 Å². The van der Waals surface area contributed by atoms with Crippen molar-refractivity contribution in [3.63, 3.8) is 0 Å². The van der Waals surface area contributed by atoms with Gasteiger partial charge in [-0.15, -0.1) is 0 Å². The van der Waals surface area contributed by atoms with Crippen molar-refractivity contribution in [1.29, 1.82) is 0 Å². The van der Waals surface area contributed by atoms with E-state index in [0.717, 1.165) is 12.1 Å². The van der Waals surface area contributed by atoms with Crippen LogP contribution in [0.3, 0.4) is 0 Å². The molecule has 0 radical (unpaired) electrons. The van der Waals surface area contributed by atoms with E-state index < -0.39 is 32.6 Å². The minimum Gasteiger partial charge on any atom is -0.378 e. The summed E-state index contributed by atoms with van der Waals surface area (Å²) in [5.41, 5.74) is 0.603. The molecule has 2 atom stereocenters. The van der Waals surface area contributed by atoms with Gasteiger partial charge in [0, 0.05) is 0 Å². The number of rotatable bonds is 3. The Morgan fingerprint density at radius 3 is 2.70 bits per heavy atom. The number of carbonyl (C=O) groups excluding carboxylic acids is 1. The Hall–Kier alpha value is -1.47. The first-order valence-electron chi connectivity index (χ1n) is 6.24. The summed E-state index contributed by atoms with van der Waals surface area (Å²) >= 11 is 0. The van der Waals surface area contributed by atoms with Crippen LogP contribution >= 0.6 is 0 Å². The Labute approximate surface area is 117 Å². The predicted octanol–water partition coefficient (Wildman–Crippen LogP) is 1.36. The number of ether oxygens (including phenoxy) is 1. The zero-order chi connectivity index (χ0) is 14.9. The molecule has 1 aromatic rings. The lowest BCUT2D eigenvalue weighted by Crippen LogP contribution is -2.36. The molecule has 110 valence electrons. The third-order valence-corrected chi connectivity index (χ3v) is 4.56.